The summed E-state index contributed by atoms with van der Waals surface area (Å²) in [5.41, 5.74) is 4.96. The third-order valence-electron chi connectivity index (χ3n) is 6.12. The van der Waals surface area contributed by atoms with Crippen LogP contribution in [0.3, 0.4) is 0 Å². The molecule has 2 N–H and O–H groups in total. The number of ether oxygens (including phenoxy) is 1. The van der Waals surface area contributed by atoms with Crippen LogP contribution in [-0.2, 0) is 40.4 Å². The number of carbonyl (C=O) groups is 2. The van der Waals surface area contributed by atoms with Crippen molar-refractivity contribution in [3.63, 3.8) is 0 Å². The summed E-state index contributed by atoms with van der Waals surface area (Å²) in [6.45, 7) is 5.84. The molecule has 3 amide bonds. The van der Waals surface area contributed by atoms with E-state index in [1.165, 1.54) is 22.1 Å². The van der Waals surface area contributed by atoms with Gasteiger partial charge < -0.3 is 15.0 Å². The van der Waals surface area contributed by atoms with Crippen molar-refractivity contribution in [2.75, 3.05) is 11.9 Å². The van der Waals surface area contributed by atoms with E-state index in [0.717, 1.165) is 60.7 Å². The smallest absolute Gasteiger partial charge is 0.410 e. The molecule has 9 heteroatoms. The summed E-state index contributed by atoms with van der Waals surface area (Å²) >= 11 is 0. The zero-order valence-corrected chi connectivity index (χ0v) is 19.7. The highest BCUT2D eigenvalue weighted by atomic mass is 32.2. The number of hydrogen-bond acceptors (Lipinski definition) is 5. The van der Waals surface area contributed by atoms with Crippen LogP contribution in [0, 0.1) is 0 Å². The Morgan fingerprint density at radius 2 is 1.72 bits per heavy atom. The average Bonchev–Trinajstić information content (AvgIpc) is 3.27. The summed E-state index contributed by atoms with van der Waals surface area (Å²) in [6.07, 6.45) is 7.45. The van der Waals surface area contributed by atoms with Crippen LogP contribution in [0.25, 0.3) is 0 Å². The molecule has 1 aromatic rings. The number of aryl methyl sites for hydroxylation is 2. The number of urea groups is 1. The Bertz CT molecular complexity index is 1040. The number of hydrogen-bond donors (Lipinski definition) is 2. The van der Waals surface area contributed by atoms with E-state index in [1.54, 1.807) is 20.8 Å². The van der Waals surface area contributed by atoms with Crippen molar-refractivity contribution in [2.24, 2.45) is 0 Å². The quantitative estimate of drug-likeness (QED) is 0.712. The first kappa shape index (κ1) is 22.6. The highest BCUT2D eigenvalue weighted by Crippen LogP contribution is 2.38. The Hall–Kier alpha value is -2.55. The van der Waals surface area contributed by atoms with Crippen molar-refractivity contribution in [1.29, 1.82) is 0 Å². The van der Waals surface area contributed by atoms with Crippen molar-refractivity contribution >= 4 is 27.8 Å². The molecule has 1 unspecified atom stereocenters. The average molecular weight is 462 g/mol. The molecule has 0 radical (unpaired) electrons. The second-order valence-electron chi connectivity index (χ2n) is 9.69. The van der Waals surface area contributed by atoms with Crippen molar-refractivity contribution in [2.45, 2.75) is 77.4 Å². The lowest BCUT2D eigenvalue weighted by Gasteiger charge is -2.39. The van der Waals surface area contributed by atoms with Crippen molar-refractivity contribution in [3.05, 3.63) is 39.8 Å². The number of benzene rings is 1. The first-order valence-corrected chi connectivity index (χ1v) is 12.8. The van der Waals surface area contributed by atoms with E-state index in [0.29, 0.717) is 13.0 Å². The molecule has 1 atom stereocenters. The normalized spacial score (nSPS) is 20.0. The summed E-state index contributed by atoms with van der Waals surface area (Å²) in [5, 5.41) is 3.77. The molecule has 32 heavy (non-hydrogen) atoms. The summed E-state index contributed by atoms with van der Waals surface area (Å²) in [7, 11) is -4.01. The van der Waals surface area contributed by atoms with Crippen molar-refractivity contribution in [3.8, 4) is 0 Å². The Labute approximate surface area is 189 Å². The molecule has 0 saturated carbocycles. The van der Waals surface area contributed by atoms with Gasteiger partial charge in [0.05, 0.1) is 6.04 Å². The van der Waals surface area contributed by atoms with Gasteiger partial charge in [0.2, 0.25) is 0 Å². The highest BCUT2D eigenvalue weighted by Gasteiger charge is 2.34. The number of rotatable bonds is 4. The van der Waals surface area contributed by atoms with Gasteiger partial charge in [-0.2, -0.15) is 0 Å². The van der Waals surface area contributed by atoms with Crippen LogP contribution in [0.1, 0.15) is 62.3 Å². The Balaban J connectivity index is 1.40. The number of nitrogens with one attached hydrogen (secondary N) is 2. The fourth-order valence-corrected chi connectivity index (χ4v) is 5.38. The van der Waals surface area contributed by atoms with Crippen LogP contribution < -0.4 is 10.0 Å². The van der Waals surface area contributed by atoms with Crippen molar-refractivity contribution < 1.29 is 22.7 Å². The third-order valence-corrected chi connectivity index (χ3v) is 7.11. The SMILES string of the molecule is CC(C)(C)OC(=O)N1CCC1C=CS(=O)(=O)NC(=O)Nc1c2c(cc3c1CCC3)CCC2. The van der Waals surface area contributed by atoms with E-state index in [1.807, 2.05) is 0 Å². The monoisotopic (exact) mass is 461 g/mol. The molecule has 1 aliphatic heterocycles. The molecule has 0 spiro atoms. The standard InChI is InChI=1S/C23H31N3O5S/c1-23(2,3)31-22(28)26-12-10-17(26)11-13-32(29,30)25-21(27)24-20-18-8-4-6-15(18)14-16-7-5-9-19(16)20/h11,13-14,17H,4-10,12H2,1-3H3,(H2,24,25,27). The molecule has 4 rings (SSSR count). The van der Waals surface area contributed by atoms with Gasteiger partial charge in [-0.25, -0.2) is 22.7 Å². The first-order valence-electron chi connectivity index (χ1n) is 11.2. The van der Waals surface area contributed by atoms with E-state index in [4.69, 9.17) is 4.74 Å². The zero-order valence-electron chi connectivity index (χ0n) is 18.9. The van der Waals surface area contributed by atoms with E-state index < -0.39 is 27.7 Å². The molecule has 1 aromatic carbocycles. The largest absolute Gasteiger partial charge is 0.444 e. The predicted octanol–water partition coefficient (Wildman–Crippen LogP) is 3.64. The highest BCUT2D eigenvalue weighted by molar-refractivity contribution is 7.92. The van der Waals surface area contributed by atoms with E-state index >= 15 is 0 Å². The fraction of sp³-hybridized carbons (Fsp3) is 0.565. The van der Waals surface area contributed by atoms with Gasteiger partial charge in [0, 0.05) is 17.6 Å². The number of anilines is 1. The number of carbonyl (C=O) groups excluding carboxylic acids is 2. The number of nitrogens with zero attached hydrogens (tertiary/aromatic N) is 1. The number of likely N-dealkylation sites (tertiary alicyclic amines) is 1. The topological polar surface area (TPSA) is 105 Å². The summed E-state index contributed by atoms with van der Waals surface area (Å²) in [5.74, 6) is 0. The van der Waals surface area contributed by atoms with Gasteiger partial charge in [-0.3, -0.25) is 0 Å². The second kappa shape index (κ2) is 8.42. The molecule has 3 aliphatic rings. The van der Waals surface area contributed by atoms with E-state index in [2.05, 4.69) is 16.1 Å². The lowest BCUT2D eigenvalue weighted by molar-refractivity contribution is 0.00281. The van der Waals surface area contributed by atoms with Gasteiger partial charge >= 0.3 is 12.1 Å². The minimum atomic E-state index is -4.01. The summed E-state index contributed by atoms with van der Waals surface area (Å²) in [4.78, 5) is 26.2. The Morgan fingerprint density at radius 1 is 1.09 bits per heavy atom. The van der Waals surface area contributed by atoms with E-state index in [-0.39, 0.29) is 6.04 Å². The molecule has 8 nitrogen and oxygen atoms in total. The number of amides is 3. The fourth-order valence-electron chi connectivity index (χ4n) is 4.62. The minimum Gasteiger partial charge on any atom is -0.444 e. The van der Waals surface area contributed by atoms with Crippen LogP contribution in [-0.4, -0.2) is 43.6 Å². The molecule has 2 aliphatic carbocycles. The van der Waals surface area contributed by atoms with Gasteiger partial charge in [-0.1, -0.05) is 6.07 Å². The summed E-state index contributed by atoms with van der Waals surface area (Å²) in [6, 6.07) is 1.12. The molecule has 1 heterocycles. The van der Waals surface area contributed by atoms with Crippen LogP contribution in [0.4, 0.5) is 15.3 Å². The van der Waals surface area contributed by atoms with Gasteiger partial charge in [0.25, 0.3) is 10.0 Å². The third kappa shape index (κ3) is 4.92. The molecular formula is C23H31N3O5S. The lowest BCUT2D eigenvalue weighted by atomic mass is 9.99. The van der Waals surface area contributed by atoms with Gasteiger partial charge in [0.15, 0.2) is 0 Å². The van der Waals surface area contributed by atoms with Gasteiger partial charge in [-0.15, -0.1) is 0 Å². The van der Waals surface area contributed by atoms with Crippen LogP contribution in [0.5, 0.6) is 0 Å². The maximum Gasteiger partial charge on any atom is 0.410 e. The minimum absolute atomic E-state index is 0.370. The zero-order chi connectivity index (χ0) is 23.1. The van der Waals surface area contributed by atoms with Crippen LogP contribution >= 0.6 is 0 Å². The first-order chi connectivity index (χ1) is 15.0. The lowest BCUT2D eigenvalue weighted by Crippen LogP contribution is -2.51. The molecule has 0 aromatic heterocycles. The van der Waals surface area contributed by atoms with Crippen LogP contribution in [0.15, 0.2) is 17.6 Å². The van der Waals surface area contributed by atoms with Crippen LogP contribution in [0.2, 0.25) is 0 Å². The molecule has 0 bridgehead atoms. The number of sulfonamides is 1. The Kier molecular flexibility index (Phi) is 5.96. The van der Waals surface area contributed by atoms with Gasteiger partial charge in [-0.05, 0) is 94.0 Å². The molecular weight excluding hydrogens is 430 g/mol. The molecule has 1 fully saturated rings. The second-order valence-corrected chi connectivity index (χ2v) is 11.3. The maximum absolute atomic E-state index is 12.6. The number of fused-ring (bicyclic) bond motifs is 2. The molecule has 1 saturated heterocycles. The predicted molar refractivity (Wildman–Crippen MR) is 122 cm³/mol. The Morgan fingerprint density at radius 3 is 2.25 bits per heavy atom. The van der Waals surface area contributed by atoms with Gasteiger partial charge in [0.1, 0.15) is 5.60 Å². The van der Waals surface area contributed by atoms with E-state index in [9.17, 15) is 18.0 Å². The maximum atomic E-state index is 12.6. The van der Waals surface area contributed by atoms with Crippen molar-refractivity contribution in [1.82, 2.24) is 9.62 Å². The molecule has 174 valence electrons. The summed E-state index contributed by atoms with van der Waals surface area (Å²) < 4.78 is 32.3.